The summed E-state index contributed by atoms with van der Waals surface area (Å²) in [5, 5.41) is 7.36. The highest BCUT2D eigenvalue weighted by Gasteiger charge is 2.06. The monoisotopic (exact) mass is 348 g/mol. The average Bonchev–Trinajstić information content (AvgIpc) is 2.75. The van der Waals surface area contributed by atoms with Crippen molar-refractivity contribution >= 4 is 31.9 Å². The van der Waals surface area contributed by atoms with E-state index in [1.165, 1.54) is 0 Å². The summed E-state index contributed by atoms with van der Waals surface area (Å²) >= 11 is 6.65. The van der Waals surface area contributed by atoms with Crippen molar-refractivity contribution in [1.82, 2.24) is 20.1 Å². The van der Waals surface area contributed by atoms with E-state index in [4.69, 9.17) is 4.42 Å². The quantitative estimate of drug-likeness (QED) is 0.919. The average molecular weight is 350 g/mol. The molecule has 0 aliphatic heterocycles. The highest BCUT2D eigenvalue weighted by atomic mass is 79.9. The van der Waals surface area contributed by atoms with Gasteiger partial charge in [0, 0.05) is 7.05 Å². The number of furan rings is 1. The minimum Gasteiger partial charge on any atom is -0.452 e. The maximum atomic E-state index is 5.42. The van der Waals surface area contributed by atoms with Gasteiger partial charge in [-0.25, -0.2) is 4.98 Å². The van der Waals surface area contributed by atoms with Crippen molar-refractivity contribution in [2.24, 2.45) is 7.05 Å². The third-order valence-electron chi connectivity index (χ3n) is 1.93. The highest BCUT2D eigenvalue weighted by molar-refractivity contribution is 9.13. The molecule has 16 heavy (non-hydrogen) atoms. The second kappa shape index (κ2) is 5.11. The Kier molecular flexibility index (Phi) is 3.78. The fourth-order valence-electron chi connectivity index (χ4n) is 1.24. The molecular formula is C9H10Br2N4O. The van der Waals surface area contributed by atoms with Crippen LogP contribution in [-0.2, 0) is 20.1 Å². The largest absolute Gasteiger partial charge is 0.452 e. The van der Waals surface area contributed by atoms with Crippen LogP contribution in [0.2, 0.25) is 0 Å². The van der Waals surface area contributed by atoms with Crippen molar-refractivity contribution in [2.45, 2.75) is 13.1 Å². The van der Waals surface area contributed by atoms with E-state index < -0.39 is 0 Å². The fraction of sp³-hybridized carbons (Fsp3) is 0.333. The van der Waals surface area contributed by atoms with Crippen molar-refractivity contribution in [1.29, 1.82) is 0 Å². The molecule has 5 nitrogen and oxygen atoms in total. The molecule has 0 radical (unpaired) electrons. The summed E-state index contributed by atoms with van der Waals surface area (Å²) in [6.45, 7) is 1.26. The molecule has 0 saturated heterocycles. The predicted octanol–water partition coefficient (Wildman–Crippen LogP) is 2.22. The molecule has 0 aliphatic carbocycles. The molecule has 2 heterocycles. The number of nitrogens with one attached hydrogen (secondary N) is 1. The molecule has 0 unspecified atom stereocenters. The molecule has 0 aliphatic rings. The van der Waals surface area contributed by atoms with E-state index in [1.54, 1.807) is 11.0 Å². The Bertz CT molecular complexity index is 460. The lowest BCUT2D eigenvalue weighted by atomic mass is 10.4. The first kappa shape index (κ1) is 11.8. The zero-order valence-corrected chi connectivity index (χ0v) is 11.7. The van der Waals surface area contributed by atoms with Crippen LogP contribution in [0.15, 0.2) is 26.0 Å². The molecule has 0 bridgehead atoms. The van der Waals surface area contributed by atoms with Gasteiger partial charge in [-0.3, -0.25) is 4.68 Å². The molecule has 2 rings (SSSR count). The summed E-state index contributed by atoms with van der Waals surface area (Å²) in [7, 11) is 1.84. The maximum Gasteiger partial charge on any atom is 0.183 e. The van der Waals surface area contributed by atoms with Gasteiger partial charge in [-0.1, -0.05) is 0 Å². The van der Waals surface area contributed by atoms with Gasteiger partial charge in [0.25, 0.3) is 0 Å². The number of rotatable bonds is 4. The fourth-order valence-corrected chi connectivity index (χ4v) is 1.90. The Balaban J connectivity index is 1.84. The zero-order chi connectivity index (χ0) is 11.5. The van der Waals surface area contributed by atoms with Crippen LogP contribution in [0.1, 0.15) is 11.6 Å². The Labute approximate surface area is 109 Å². The normalized spacial score (nSPS) is 10.9. The first-order valence-electron chi connectivity index (χ1n) is 4.64. The van der Waals surface area contributed by atoms with E-state index in [1.807, 2.05) is 13.1 Å². The maximum absolute atomic E-state index is 5.42. The van der Waals surface area contributed by atoms with Gasteiger partial charge in [0.05, 0.1) is 17.6 Å². The molecule has 7 heteroatoms. The molecule has 2 aromatic rings. The van der Waals surface area contributed by atoms with E-state index in [0.29, 0.717) is 17.8 Å². The molecule has 0 atom stereocenters. The standard InChI is InChI=1S/C9H10Br2N4O/c1-15-5-13-8(14-15)4-12-3-6-2-7(10)9(11)16-6/h2,5,12H,3-4H2,1H3. The molecule has 86 valence electrons. The van der Waals surface area contributed by atoms with E-state index in [0.717, 1.165) is 16.1 Å². The number of hydrogen-bond donors (Lipinski definition) is 1. The molecule has 2 aromatic heterocycles. The summed E-state index contributed by atoms with van der Waals surface area (Å²) in [4.78, 5) is 4.11. The molecule has 0 saturated carbocycles. The minimum absolute atomic E-state index is 0.622. The van der Waals surface area contributed by atoms with Crippen LogP contribution >= 0.6 is 31.9 Å². The van der Waals surface area contributed by atoms with Crippen molar-refractivity contribution in [2.75, 3.05) is 0 Å². The van der Waals surface area contributed by atoms with E-state index in [2.05, 4.69) is 47.3 Å². The van der Waals surface area contributed by atoms with Crippen LogP contribution in [0, 0.1) is 0 Å². The Morgan fingerprint density at radius 1 is 1.44 bits per heavy atom. The topological polar surface area (TPSA) is 55.9 Å². The molecule has 0 spiro atoms. The number of aryl methyl sites for hydroxylation is 1. The molecule has 0 fully saturated rings. The van der Waals surface area contributed by atoms with Crippen LogP contribution in [0.3, 0.4) is 0 Å². The smallest absolute Gasteiger partial charge is 0.183 e. The predicted molar refractivity (Wildman–Crippen MR) is 65.7 cm³/mol. The van der Waals surface area contributed by atoms with Gasteiger partial charge in [0.2, 0.25) is 0 Å². The van der Waals surface area contributed by atoms with Gasteiger partial charge >= 0.3 is 0 Å². The van der Waals surface area contributed by atoms with Crippen molar-refractivity contribution in [3.8, 4) is 0 Å². The lowest BCUT2D eigenvalue weighted by molar-refractivity contribution is 0.462. The number of halogens is 2. The second-order valence-corrected chi connectivity index (χ2v) is 4.85. The van der Waals surface area contributed by atoms with Crippen LogP contribution < -0.4 is 5.32 Å². The van der Waals surface area contributed by atoms with E-state index >= 15 is 0 Å². The molecule has 0 amide bonds. The van der Waals surface area contributed by atoms with E-state index in [9.17, 15) is 0 Å². The Morgan fingerprint density at radius 2 is 2.25 bits per heavy atom. The Hall–Kier alpha value is -0.660. The van der Waals surface area contributed by atoms with Gasteiger partial charge in [-0.05, 0) is 37.9 Å². The molecule has 0 aromatic carbocycles. The summed E-state index contributed by atoms with van der Waals surface area (Å²) in [5.74, 6) is 1.63. The number of aromatic nitrogens is 3. The first-order chi connectivity index (χ1) is 7.65. The number of hydrogen-bond acceptors (Lipinski definition) is 4. The SMILES string of the molecule is Cn1cnc(CNCc2cc(Br)c(Br)o2)n1. The second-order valence-electron chi connectivity index (χ2n) is 3.27. The van der Waals surface area contributed by atoms with Gasteiger partial charge in [0.15, 0.2) is 10.5 Å². The summed E-state index contributed by atoms with van der Waals surface area (Å²) in [6.07, 6.45) is 1.68. The van der Waals surface area contributed by atoms with Gasteiger partial charge in [-0.2, -0.15) is 5.10 Å². The lowest BCUT2D eigenvalue weighted by Crippen LogP contribution is -2.13. The lowest BCUT2D eigenvalue weighted by Gasteiger charge is -1.97. The van der Waals surface area contributed by atoms with Gasteiger partial charge in [-0.15, -0.1) is 0 Å². The van der Waals surface area contributed by atoms with Crippen LogP contribution in [0.5, 0.6) is 0 Å². The Morgan fingerprint density at radius 3 is 2.81 bits per heavy atom. The van der Waals surface area contributed by atoms with Gasteiger partial charge in [0.1, 0.15) is 12.1 Å². The summed E-state index contributed by atoms with van der Waals surface area (Å²) < 4.78 is 8.72. The molecule has 1 N–H and O–H groups in total. The van der Waals surface area contributed by atoms with Crippen LogP contribution in [-0.4, -0.2) is 14.8 Å². The van der Waals surface area contributed by atoms with Gasteiger partial charge < -0.3 is 9.73 Å². The highest BCUT2D eigenvalue weighted by Crippen LogP contribution is 2.26. The van der Waals surface area contributed by atoms with Crippen molar-refractivity contribution in [3.63, 3.8) is 0 Å². The molecular weight excluding hydrogens is 340 g/mol. The summed E-state index contributed by atoms with van der Waals surface area (Å²) in [6, 6.07) is 1.92. The van der Waals surface area contributed by atoms with E-state index in [-0.39, 0.29) is 0 Å². The zero-order valence-electron chi connectivity index (χ0n) is 8.57. The minimum atomic E-state index is 0.622. The van der Waals surface area contributed by atoms with Crippen LogP contribution in [0.4, 0.5) is 0 Å². The third-order valence-corrected chi connectivity index (χ3v) is 3.64. The first-order valence-corrected chi connectivity index (χ1v) is 6.22. The van der Waals surface area contributed by atoms with Crippen LogP contribution in [0.25, 0.3) is 0 Å². The third kappa shape index (κ3) is 2.93. The van der Waals surface area contributed by atoms with Crippen molar-refractivity contribution < 1.29 is 4.42 Å². The number of nitrogens with zero attached hydrogens (tertiary/aromatic N) is 3. The van der Waals surface area contributed by atoms with Crippen molar-refractivity contribution in [3.05, 3.63) is 33.1 Å². The summed E-state index contributed by atoms with van der Waals surface area (Å²) in [5.41, 5.74) is 0.